The van der Waals surface area contributed by atoms with Gasteiger partial charge in [0, 0.05) is 57.6 Å². The van der Waals surface area contributed by atoms with E-state index in [1.807, 2.05) is 25.7 Å². The van der Waals surface area contributed by atoms with Crippen LogP contribution in [-0.2, 0) is 19.6 Å². The third-order valence-electron chi connectivity index (χ3n) is 7.20. The highest BCUT2D eigenvalue weighted by Crippen LogP contribution is 2.28. The van der Waals surface area contributed by atoms with E-state index in [1.165, 1.54) is 23.8 Å². The number of piperazine rings is 1. The molecule has 1 aliphatic heterocycles. The van der Waals surface area contributed by atoms with Crippen LogP contribution in [0.5, 0.6) is 0 Å². The minimum absolute atomic E-state index is 0.103. The van der Waals surface area contributed by atoms with E-state index >= 15 is 0 Å². The van der Waals surface area contributed by atoms with Gasteiger partial charge in [0.25, 0.3) is 0 Å². The van der Waals surface area contributed by atoms with Gasteiger partial charge in [-0.3, -0.25) is 9.80 Å². The maximum absolute atomic E-state index is 14.1. The Morgan fingerprint density at radius 1 is 0.974 bits per heavy atom. The molecule has 0 amide bonds. The van der Waals surface area contributed by atoms with Gasteiger partial charge in [0.15, 0.2) is 0 Å². The lowest BCUT2D eigenvalue weighted by molar-refractivity contribution is 0.0695. The monoisotopic (exact) mass is 522 g/mol. The first-order valence-corrected chi connectivity index (χ1v) is 13.2. The van der Waals surface area contributed by atoms with E-state index in [9.17, 15) is 18.7 Å². The fourth-order valence-corrected chi connectivity index (χ4v) is 4.98. The van der Waals surface area contributed by atoms with Gasteiger partial charge in [0.1, 0.15) is 23.0 Å². The average Bonchev–Trinajstić information content (AvgIpc) is 2.91. The van der Waals surface area contributed by atoms with Crippen molar-refractivity contribution in [1.82, 2.24) is 14.8 Å². The number of rotatable bonds is 10. The summed E-state index contributed by atoms with van der Waals surface area (Å²) in [5.41, 5.74) is 3.51. The van der Waals surface area contributed by atoms with Crippen molar-refractivity contribution in [3.63, 3.8) is 0 Å². The molecular weight excluding hydrogens is 486 g/mol. The lowest BCUT2D eigenvalue weighted by Gasteiger charge is -2.36. The van der Waals surface area contributed by atoms with Crippen LogP contribution in [0.3, 0.4) is 0 Å². The van der Waals surface area contributed by atoms with Gasteiger partial charge in [-0.1, -0.05) is 51.1 Å². The van der Waals surface area contributed by atoms with Crippen LogP contribution in [-0.4, -0.2) is 58.6 Å². The predicted molar refractivity (Wildman–Crippen MR) is 145 cm³/mol. The van der Waals surface area contributed by atoms with Crippen molar-refractivity contribution in [2.75, 3.05) is 37.6 Å². The van der Waals surface area contributed by atoms with E-state index in [1.54, 1.807) is 12.3 Å². The first-order valence-electron chi connectivity index (χ1n) is 13.2. The van der Waals surface area contributed by atoms with Crippen LogP contribution in [0.2, 0.25) is 0 Å². The van der Waals surface area contributed by atoms with Crippen molar-refractivity contribution >= 4 is 11.8 Å². The summed E-state index contributed by atoms with van der Waals surface area (Å²) in [4.78, 5) is 22.9. The molecule has 0 atom stereocenters. The van der Waals surface area contributed by atoms with E-state index in [-0.39, 0.29) is 18.0 Å². The number of pyridine rings is 1. The molecule has 38 heavy (non-hydrogen) atoms. The molecule has 6 nitrogen and oxygen atoms in total. The predicted octanol–water partition coefficient (Wildman–Crippen LogP) is 5.53. The second-order valence-corrected chi connectivity index (χ2v) is 10.1. The van der Waals surface area contributed by atoms with E-state index < -0.39 is 17.6 Å². The zero-order chi connectivity index (χ0) is 27.2. The Kier molecular flexibility index (Phi) is 9.07. The molecule has 0 radical (unpaired) electrons. The summed E-state index contributed by atoms with van der Waals surface area (Å²) in [6, 6.07) is 14.1. The number of hydrogen-bond donors (Lipinski definition) is 1. The van der Waals surface area contributed by atoms with Gasteiger partial charge in [0.05, 0.1) is 0 Å². The molecule has 8 heteroatoms. The Morgan fingerprint density at radius 3 is 2.18 bits per heavy atom. The van der Waals surface area contributed by atoms with Crippen molar-refractivity contribution < 1.29 is 18.7 Å². The fraction of sp³-hybridized carbons (Fsp3) is 0.400. The Labute approximate surface area is 223 Å². The molecule has 1 aromatic heterocycles. The summed E-state index contributed by atoms with van der Waals surface area (Å²) in [6.07, 6.45) is 1.71. The molecule has 2 heterocycles. The summed E-state index contributed by atoms with van der Waals surface area (Å²) in [6.45, 7) is 11.3. The lowest BCUT2D eigenvalue weighted by Crippen LogP contribution is -2.46. The molecule has 0 unspecified atom stereocenters. The minimum atomic E-state index is -0.931. The number of carbonyl (C=O) groups is 1. The maximum Gasteiger partial charge on any atom is 0.339 e. The zero-order valence-corrected chi connectivity index (χ0v) is 22.3. The maximum atomic E-state index is 14.1. The summed E-state index contributed by atoms with van der Waals surface area (Å²) in [5, 5.41) is 9.85. The number of benzene rings is 2. The van der Waals surface area contributed by atoms with Crippen LogP contribution < -0.4 is 4.90 Å². The number of carboxylic acid groups (broad SMARTS) is 1. The smallest absolute Gasteiger partial charge is 0.339 e. The highest BCUT2D eigenvalue weighted by molar-refractivity contribution is 5.95. The third kappa shape index (κ3) is 6.55. The normalized spacial score (nSPS) is 14.4. The summed E-state index contributed by atoms with van der Waals surface area (Å²) in [5.74, 6) is -1.29. The Morgan fingerprint density at radius 2 is 1.61 bits per heavy atom. The number of nitrogens with zero attached hydrogens (tertiary/aromatic N) is 4. The molecule has 4 rings (SSSR count). The van der Waals surface area contributed by atoms with Crippen LogP contribution in [0.25, 0.3) is 0 Å². The molecule has 0 aliphatic carbocycles. The molecule has 0 bridgehead atoms. The number of carboxylic acids is 1. The second kappa shape index (κ2) is 12.5. The number of aromatic nitrogens is 1. The molecule has 2 aromatic carbocycles. The molecule has 1 fully saturated rings. The van der Waals surface area contributed by atoms with Crippen LogP contribution in [0, 0.1) is 11.6 Å². The number of hydrogen-bond acceptors (Lipinski definition) is 5. The van der Waals surface area contributed by atoms with Gasteiger partial charge < -0.3 is 10.0 Å². The SMILES string of the molecule is CCN(Cc1ccc(CN2CCN(c3nccc(C(C)C)c3C(=O)O)CC2)cc1)Cc1c(F)cccc1F. The van der Waals surface area contributed by atoms with Crippen LogP contribution >= 0.6 is 0 Å². The number of aromatic carboxylic acids is 1. The molecular formula is C30H36F2N4O2. The van der Waals surface area contributed by atoms with Crippen LogP contribution in [0.1, 0.15) is 59.3 Å². The molecule has 1 saturated heterocycles. The highest BCUT2D eigenvalue weighted by atomic mass is 19.1. The van der Waals surface area contributed by atoms with Crippen molar-refractivity contribution in [3.8, 4) is 0 Å². The zero-order valence-electron chi connectivity index (χ0n) is 22.3. The van der Waals surface area contributed by atoms with Crippen molar-refractivity contribution in [2.24, 2.45) is 0 Å². The highest BCUT2D eigenvalue weighted by Gasteiger charge is 2.25. The van der Waals surface area contributed by atoms with Crippen molar-refractivity contribution in [3.05, 3.63) is 94.2 Å². The van der Waals surface area contributed by atoms with Gasteiger partial charge in [-0.05, 0) is 47.4 Å². The molecule has 0 spiro atoms. The van der Waals surface area contributed by atoms with E-state index in [0.29, 0.717) is 37.6 Å². The third-order valence-corrected chi connectivity index (χ3v) is 7.20. The Bertz CT molecular complexity index is 1220. The molecule has 1 N–H and O–H groups in total. The van der Waals surface area contributed by atoms with E-state index in [4.69, 9.17) is 0 Å². The quantitative estimate of drug-likeness (QED) is 0.378. The van der Waals surface area contributed by atoms with Crippen LogP contribution in [0.15, 0.2) is 54.7 Å². The van der Waals surface area contributed by atoms with Crippen molar-refractivity contribution in [2.45, 2.75) is 46.3 Å². The minimum Gasteiger partial charge on any atom is -0.478 e. The lowest BCUT2D eigenvalue weighted by atomic mass is 9.98. The fourth-order valence-electron chi connectivity index (χ4n) is 4.98. The summed E-state index contributed by atoms with van der Waals surface area (Å²) >= 11 is 0. The van der Waals surface area contributed by atoms with E-state index in [0.717, 1.165) is 30.8 Å². The molecule has 202 valence electrons. The number of anilines is 1. The molecule has 0 saturated carbocycles. The summed E-state index contributed by atoms with van der Waals surface area (Å²) in [7, 11) is 0. The average molecular weight is 523 g/mol. The first kappa shape index (κ1) is 27.7. The van der Waals surface area contributed by atoms with Gasteiger partial charge in [0.2, 0.25) is 0 Å². The first-order chi connectivity index (χ1) is 18.3. The van der Waals surface area contributed by atoms with Gasteiger partial charge in [-0.2, -0.15) is 0 Å². The summed E-state index contributed by atoms with van der Waals surface area (Å²) < 4.78 is 28.2. The van der Waals surface area contributed by atoms with Crippen molar-refractivity contribution in [1.29, 1.82) is 0 Å². The van der Waals surface area contributed by atoms with Gasteiger partial charge in [-0.15, -0.1) is 0 Å². The second-order valence-electron chi connectivity index (χ2n) is 10.1. The van der Waals surface area contributed by atoms with E-state index in [2.05, 4.69) is 39.0 Å². The number of halogens is 2. The molecule has 3 aromatic rings. The van der Waals surface area contributed by atoms with Gasteiger partial charge >= 0.3 is 5.97 Å². The van der Waals surface area contributed by atoms with Crippen LogP contribution in [0.4, 0.5) is 14.6 Å². The Balaban J connectivity index is 1.33. The van der Waals surface area contributed by atoms with Gasteiger partial charge in [-0.25, -0.2) is 18.6 Å². The molecule has 1 aliphatic rings. The topological polar surface area (TPSA) is 59.9 Å². The largest absolute Gasteiger partial charge is 0.478 e. The Hall–Kier alpha value is -3.36. The standard InChI is InChI=1S/C30H36F2N4O2/c1-4-34(20-25-26(31)6-5-7-27(25)32)18-22-8-10-23(11-9-22)19-35-14-16-36(17-15-35)29-28(30(37)38)24(21(2)3)12-13-33-29/h5-13,21H,4,14-20H2,1-3H3,(H,37,38).